The van der Waals surface area contributed by atoms with Gasteiger partial charge in [0.15, 0.2) is 0 Å². The van der Waals surface area contributed by atoms with Crippen LogP contribution in [0.3, 0.4) is 0 Å². The number of nitrogens with one attached hydrogen (secondary N) is 1. The molecule has 2 bridgehead atoms. The molecule has 0 aliphatic carbocycles. The quantitative estimate of drug-likeness (QED) is 0.810. The molecule has 134 valence electrons. The van der Waals surface area contributed by atoms with Crippen molar-refractivity contribution in [2.24, 2.45) is 5.92 Å². The number of fused-ring (bicyclic) bond motifs is 4. The molecule has 1 aromatic heterocycles. The van der Waals surface area contributed by atoms with E-state index >= 15 is 0 Å². The number of piperidine rings is 1. The Morgan fingerprint density at radius 1 is 1.33 bits per heavy atom. The molecule has 0 saturated carbocycles. The fraction of sp³-hybridized carbons (Fsp3) is 0.688. The normalized spacial score (nSPS) is 25.5. The van der Waals surface area contributed by atoms with Crippen LogP contribution in [0, 0.1) is 5.92 Å². The maximum absolute atomic E-state index is 12.0. The van der Waals surface area contributed by atoms with Crippen LogP contribution in [0.25, 0.3) is 0 Å². The van der Waals surface area contributed by atoms with Gasteiger partial charge in [0, 0.05) is 38.6 Å². The summed E-state index contributed by atoms with van der Waals surface area (Å²) in [6.07, 6.45) is 5.36. The van der Waals surface area contributed by atoms with Crippen LogP contribution in [0.5, 0.6) is 0 Å². The zero-order valence-electron chi connectivity index (χ0n) is 14.0. The molecule has 0 radical (unpaired) electrons. The molecule has 1 aromatic rings. The van der Waals surface area contributed by atoms with Crippen LogP contribution in [-0.4, -0.2) is 62.0 Å². The first-order valence-corrected chi connectivity index (χ1v) is 10.2. The van der Waals surface area contributed by atoms with E-state index in [-0.39, 0.29) is 11.9 Å². The maximum atomic E-state index is 12.0. The SMILES string of the molecule is CS(=O)(=O)N1C[C@@H]2CC[C@H](C1)N(CCC(=O)NCc1ccco1)C2. The second-order valence-electron chi connectivity index (χ2n) is 6.78. The van der Waals surface area contributed by atoms with Gasteiger partial charge in [-0.25, -0.2) is 12.7 Å². The summed E-state index contributed by atoms with van der Waals surface area (Å²) in [5.74, 6) is 1.09. The molecule has 3 aliphatic heterocycles. The molecule has 4 rings (SSSR count). The van der Waals surface area contributed by atoms with E-state index in [1.54, 1.807) is 16.6 Å². The first-order chi connectivity index (χ1) is 11.4. The molecule has 0 aromatic carbocycles. The average molecular weight is 355 g/mol. The molecule has 0 spiro atoms. The number of sulfonamides is 1. The molecule has 8 heteroatoms. The Balaban J connectivity index is 1.50. The van der Waals surface area contributed by atoms with Crippen molar-refractivity contribution < 1.29 is 17.6 Å². The molecule has 3 aliphatic rings. The highest BCUT2D eigenvalue weighted by Crippen LogP contribution is 2.29. The van der Waals surface area contributed by atoms with Crippen LogP contribution in [0.4, 0.5) is 0 Å². The van der Waals surface area contributed by atoms with Gasteiger partial charge in [-0.05, 0) is 30.9 Å². The molecular weight excluding hydrogens is 330 g/mol. The Morgan fingerprint density at radius 2 is 2.17 bits per heavy atom. The number of hydrogen-bond acceptors (Lipinski definition) is 5. The van der Waals surface area contributed by atoms with Crippen LogP contribution < -0.4 is 5.32 Å². The zero-order chi connectivity index (χ0) is 17.2. The Morgan fingerprint density at radius 3 is 2.88 bits per heavy atom. The summed E-state index contributed by atoms with van der Waals surface area (Å²) < 4.78 is 30.5. The van der Waals surface area contributed by atoms with Gasteiger partial charge in [-0.2, -0.15) is 0 Å². The Bertz CT molecular complexity index is 659. The first-order valence-electron chi connectivity index (χ1n) is 8.40. The number of furan rings is 1. The summed E-state index contributed by atoms with van der Waals surface area (Å²) in [5.41, 5.74) is 0. The van der Waals surface area contributed by atoms with Gasteiger partial charge in [-0.1, -0.05) is 0 Å². The molecule has 1 N–H and O–H groups in total. The zero-order valence-corrected chi connectivity index (χ0v) is 14.8. The Hall–Kier alpha value is -1.38. The van der Waals surface area contributed by atoms with Crippen LogP contribution in [0.2, 0.25) is 0 Å². The van der Waals surface area contributed by atoms with E-state index in [0.717, 1.165) is 25.1 Å². The average Bonchev–Trinajstić information content (AvgIpc) is 2.87. The van der Waals surface area contributed by atoms with Crippen molar-refractivity contribution in [3.8, 4) is 0 Å². The molecule has 3 fully saturated rings. The van der Waals surface area contributed by atoms with Crippen molar-refractivity contribution in [3.05, 3.63) is 24.2 Å². The van der Waals surface area contributed by atoms with Gasteiger partial charge in [-0.3, -0.25) is 9.69 Å². The van der Waals surface area contributed by atoms with Crippen molar-refractivity contribution in [1.82, 2.24) is 14.5 Å². The van der Waals surface area contributed by atoms with Gasteiger partial charge in [0.2, 0.25) is 15.9 Å². The van der Waals surface area contributed by atoms with E-state index in [9.17, 15) is 13.2 Å². The van der Waals surface area contributed by atoms with Crippen molar-refractivity contribution in [1.29, 1.82) is 0 Å². The van der Waals surface area contributed by atoms with E-state index in [0.29, 0.717) is 38.5 Å². The van der Waals surface area contributed by atoms with Crippen molar-refractivity contribution in [3.63, 3.8) is 0 Å². The van der Waals surface area contributed by atoms with Crippen LogP contribution in [0.15, 0.2) is 22.8 Å². The predicted octanol–water partition coefficient (Wildman–Crippen LogP) is 0.642. The van der Waals surface area contributed by atoms with Crippen molar-refractivity contribution in [2.45, 2.75) is 31.8 Å². The number of rotatable bonds is 6. The Kier molecular flexibility index (Phi) is 5.27. The summed E-state index contributed by atoms with van der Waals surface area (Å²) in [5, 5.41) is 2.85. The molecule has 3 saturated heterocycles. The standard InChI is InChI=1S/C16H25N3O4S/c1-24(21,22)19-11-13-4-5-14(12-19)18(10-13)7-6-16(20)17-9-15-3-2-8-23-15/h2-3,8,13-14H,4-7,9-12H2,1H3,(H,17,20)/t13-,14-/m1/s1. The monoisotopic (exact) mass is 355 g/mol. The van der Waals surface area contributed by atoms with E-state index in [4.69, 9.17) is 4.42 Å². The van der Waals surface area contributed by atoms with E-state index in [1.165, 1.54) is 6.26 Å². The minimum Gasteiger partial charge on any atom is -0.467 e. The van der Waals surface area contributed by atoms with E-state index < -0.39 is 10.0 Å². The second kappa shape index (κ2) is 7.25. The lowest BCUT2D eigenvalue weighted by atomic mass is 9.95. The molecule has 24 heavy (non-hydrogen) atoms. The van der Waals surface area contributed by atoms with Gasteiger partial charge >= 0.3 is 0 Å². The van der Waals surface area contributed by atoms with Gasteiger partial charge < -0.3 is 9.73 Å². The molecule has 2 atom stereocenters. The van der Waals surface area contributed by atoms with Crippen molar-refractivity contribution >= 4 is 15.9 Å². The predicted molar refractivity (Wildman–Crippen MR) is 89.7 cm³/mol. The number of carbonyl (C=O) groups excluding carboxylic acids is 1. The number of carbonyl (C=O) groups is 1. The molecule has 4 heterocycles. The fourth-order valence-electron chi connectivity index (χ4n) is 3.61. The van der Waals surface area contributed by atoms with Crippen LogP contribution in [0.1, 0.15) is 25.0 Å². The van der Waals surface area contributed by atoms with E-state index in [2.05, 4.69) is 10.2 Å². The first kappa shape index (κ1) is 17.4. The lowest BCUT2D eigenvalue weighted by Gasteiger charge is -2.35. The number of amides is 1. The van der Waals surface area contributed by atoms with Crippen molar-refractivity contribution in [2.75, 3.05) is 32.4 Å². The molecule has 0 unspecified atom stereocenters. The Labute approximate surface area is 143 Å². The number of nitrogens with zero attached hydrogens (tertiary/aromatic N) is 2. The van der Waals surface area contributed by atoms with Gasteiger partial charge in [0.1, 0.15) is 5.76 Å². The summed E-state index contributed by atoms with van der Waals surface area (Å²) in [6.45, 7) is 3.10. The fourth-order valence-corrected chi connectivity index (χ4v) is 4.54. The minimum absolute atomic E-state index is 0.00788. The summed E-state index contributed by atoms with van der Waals surface area (Å²) in [4.78, 5) is 14.3. The lowest BCUT2D eigenvalue weighted by Crippen LogP contribution is -2.45. The lowest BCUT2D eigenvalue weighted by molar-refractivity contribution is -0.121. The smallest absolute Gasteiger partial charge is 0.221 e. The largest absolute Gasteiger partial charge is 0.467 e. The third kappa shape index (κ3) is 4.37. The highest BCUT2D eigenvalue weighted by molar-refractivity contribution is 7.88. The highest BCUT2D eigenvalue weighted by atomic mass is 32.2. The van der Waals surface area contributed by atoms with Gasteiger partial charge in [-0.15, -0.1) is 0 Å². The van der Waals surface area contributed by atoms with E-state index in [1.807, 2.05) is 6.07 Å². The molecular formula is C16H25N3O4S. The molecule has 1 amide bonds. The molecule has 7 nitrogen and oxygen atoms in total. The van der Waals surface area contributed by atoms with Crippen LogP contribution >= 0.6 is 0 Å². The summed E-state index contributed by atoms with van der Waals surface area (Å²) in [7, 11) is -3.15. The van der Waals surface area contributed by atoms with Crippen LogP contribution in [-0.2, 0) is 21.4 Å². The number of hydrogen-bond donors (Lipinski definition) is 1. The third-order valence-corrected chi connectivity index (χ3v) is 6.16. The summed E-state index contributed by atoms with van der Waals surface area (Å²) >= 11 is 0. The topological polar surface area (TPSA) is 82.9 Å². The highest BCUT2D eigenvalue weighted by Gasteiger charge is 2.37. The third-order valence-electron chi connectivity index (χ3n) is 4.93. The van der Waals surface area contributed by atoms with Gasteiger partial charge in [0.25, 0.3) is 0 Å². The summed E-state index contributed by atoms with van der Waals surface area (Å²) in [6, 6.07) is 3.84. The maximum Gasteiger partial charge on any atom is 0.221 e. The minimum atomic E-state index is -3.15. The van der Waals surface area contributed by atoms with Gasteiger partial charge in [0.05, 0.1) is 19.1 Å². The second-order valence-corrected chi connectivity index (χ2v) is 8.76.